The van der Waals surface area contributed by atoms with Gasteiger partial charge in [-0.15, -0.1) is 0 Å². The van der Waals surface area contributed by atoms with Gasteiger partial charge in [-0.3, -0.25) is 0 Å². The molecule has 2 fully saturated rings. The Kier molecular flexibility index (Phi) is 3.71. The average Bonchev–Trinajstić information content (AvgIpc) is 2.46. The van der Waals surface area contributed by atoms with Gasteiger partial charge < -0.3 is 5.32 Å². The summed E-state index contributed by atoms with van der Waals surface area (Å²) in [6, 6.07) is 0. The molecule has 1 aliphatic heterocycles. The first-order valence-electron chi connectivity index (χ1n) is 6.97. The molecular weight excluding hydrogens is 182 g/mol. The standard InChI is InChI=1S/C14H27N/c1-3-13-5-4-7-14(8-6-13)9-10-15-11-12(14)2/h12-13,15H,3-11H2,1-2H3. The molecule has 0 aromatic heterocycles. The van der Waals surface area contributed by atoms with Crippen molar-refractivity contribution < 1.29 is 0 Å². The Labute approximate surface area is 95.0 Å². The second-order valence-corrected chi connectivity index (χ2v) is 5.92. The van der Waals surface area contributed by atoms with Crippen LogP contribution < -0.4 is 5.32 Å². The van der Waals surface area contributed by atoms with E-state index in [4.69, 9.17) is 0 Å². The topological polar surface area (TPSA) is 12.0 Å². The molecule has 1 aliphatic carbocycles. The highest BCUT2D eigenvalue weighted by molar-refractivity contribution is 4.91. The molecule has 3 atom stereocenters. The van der Waals surface area contributed by atoms with E-state index in [1.54, 1.807) is 0 Å². The number of rotatable bonds is 1. The fraction of sp³-hybridized carbons (Fsp3) is 1.00. The van der Waals surface area contributed by atoms with Crippen LogP contribution in [0.25, 0.3) is 0 Å². The highest BCUT2D eigenvalue weighted by atomic mass is 14.9. The van der Waals surface area contributed by atoms with Crippen LogP contribution in [0.5, 0.6) is 0 Å². The Balaban J connectivity index is 2.01. The summed E-state index contributed by atoms with van der Waals surface area (Å²) in [7, 11) is 0. The maximum Gasteiger partial charge on any atom is -0.00178 e. The van der Waals surface area contributed by atoms with E-state index in [0.29, 0.717) is 0 Å². The number of piperidine rings is 1. The summed E-state index contributed by atoms with van der Waals surface area (Å²) in [5.74, 6) is 1.94. The molecule has 0 amide bonds. The van der Waals surface area contributed by atoms with E-state index in [0.717, 1.165) is 17.3 Å². The Morgan fingerprint density at radius 1 is 1.20 bits per heavy atom. The molecule has 0 aromatic carbocycles. The summed E-state index contributed by atoms with van der Waals surface area (Å²) in [5.41, 5.74) is 0.717. The predicted molar refractivity (Wildman–Crippen MR) is 65.9 cm³/mol. The molecule has 1 nitrogen and oxygen atoms in total. The normalized spacial score (nSPS) is 42.8. The summed E-state index contributed by atoms with van der Waals surface area (Å²) < 4.78 is 0. The van der Waals surface area contributed by atoms with E-state index < -0.39 is 0 Å². The minimum absolute atomic E-state index is 0.717. The fourth-order valence-corrected chi connectivity index (χ4v) is 3.77. The van der Waals surface area contributed by atoms with Gasteiger partial charge in [0.05, 0.1) is 0 Å². The Morgan fingerprint density at radius 2 is 2.07 bits per heavy atom. The van der Waals surface area contributed by atoms with Gasteiger partial charge >= 0.3 is 0 Å². The maximum absolute atomic E-state index is 3.55. The molecule has 1 saturated carbocycles. The predicted octanol–water partition coefficient (Wildman–Crippen LogP) is 3.59. The summed E-state index contributed by atoms with van der Waals surface area (Å²) in [4.78, 5) is 0. The van der Waals surface area contributed by atoms with Crippen molar-refractivity contribution in [2.75, 3.05) is 13.1 Å². The van der Waals surface area contributed by atoms with Crippen LogP contribution in [0.3, 0.4) is 0 Å². The third-order valence-corrected chi connectivity index (χ3v) is 5.21. The zero-order valence-corrected chi connectivity index (χ0v) is 10.5. The maximum atomic E-state index is 3.55. The van der Waals surface area contributed by atoms with Gasteiger partial charge in [0.25, 0.3) is 0 Å². The zero-order chi connectivity index (χ0) is 10.7. The number of nitrogens with one attached hydrogen (secondary N) is 1. The second kappa shape index (κ2) is 4.86. The van der Waals surface area contributed by atoms with Crippen molar-refractivity contribution in [3.8, 4) is 0 Å². The van der Waals surface area contributed by atoms with Crippen LogP contribution in [0.2, 0.25) is 0 Å². The van der Waals surface area contributed by atoms with Crippen LogP contribution in [0.4, 0.5) is 0 Å². The first-order valence-corrected chi connectivity index (χ1v) is 6.97. The molecule has 2 aliphatic rings. The van der Waals surface area contributed by atoms with Crippen LogP contribution in [0.15, 0.2) is 0 Å². The van der Waals surface area contributed by atoms with E-state index in [1.807, 2.05) is 0 Å². The molecule has 2 rings (SSSR count). The summed E-state index contributed by atoms with van der Waals surface area (Å²) in [6.07, 6.45) is 10.3. The molecule has 1 N–H and O–H groups in total. The lowest BCUT2D eigenvalue weighted by molar-refractivity contribution is 0.0974. The van der Waals surface area contributed by atoms with Crippen LogP contribution in [-0.2, 0) is 0 Å². The van der Waals surface area contributed by atoms with Crippen molar-refractivity contribution in [3.63, 3.8) is 0 Å². The zero-order valence-electron chi connectivity index (χ0n) is 10.5. The first-order chi connectivity index (χ1) is 7.27. The molecule has 1 spiro atoms. The third-order valence-electron chi connectivity index (χ3n) is 5.21. The third kappa shape index (κ3) is 2.38. The van der Waals surface area contributed by atoms with Gasteiger partial charge in [-0.25, -0.2) is 0 Å². The van der Waals surface area contributed by atoms with Gasteiger partial charge in [0, 0.05) is 0 Å². The van der Waals surface area contributed by atoms with Crippen molar-refractivity contribution in [1.82, 2.24) is 5.32 Å². The van der Waals surface area contributed by atoms with E-state index in [-0.39, 0.29) is 0 Å². The largest absolute Gasteiger partial charge is 0.316 e. The molecule has 0 bridgehead atoms. The van der Waals surface area contributed by atoms with Gasteiger partial charge in [-0.2, -0.15) is 0 Å². The number of hydrogen-bond donors (Lipinski definition) is 1. The summed E-state index contributed by atoms with van der Waals surface area (Å²) in [5, 5.41) is 3.55. The summed E-state index contributed by atoms with van der Waals surface area (Å²) >= 11 is 0. The first kappa shape index (κ1) is 11.4. The number of hydrogen-bond acceptors (Lipinski definition) is 1. The molecule has 0 aromatic rings. The molecular formula is C14H27N. The van der Waals surface area contributed by atoms with Crippen molar-refractivity contribution in [2.45, 2.75) is 58.8 Å². The molecule has 0 radical (unpaired) electrons. The Hall–Kier alpha value is -0.0400. The highest BCUT2D eigenvalue weighted by Crippen LogP contribution is 2.46. The SMILES string of the molecule is CCC1CCCC2(CCNCC2C)CC1. The van der Waals surface area contributed by atoms with Crippen LogP contribution in [0.1, 0.15) is 58.8 Å². The lowest BCUT2D eigenvalue weighted by Crippen LogP contribution is -2.43. The molecule has 1 heteroatoms. The minimum Gasteiger partial charge on any atom is -0.316 e. The quantitative estimate of drug-likeness (QED) is 0.696. The van der Waals surface area contributed by atoms with Crippen molar-refractivity contribution in [2.24, 2.45) is 17.3 Å². The fourth-order valence-electron chi connectivity index (χ4n) is 3.77. The Bertz CT molecular complexity index is 202. The minimum atomic E-state index is 0.717. The molecule has 88 valence electrons. The van der Waals surface area contributed by atoms with E-state index in [1.165, 1.54) is 58.0 Å². The lowest BCUT2D eigenvalue weighted by atomic mass is 9.66. The average molecular weight is 209 g/mol. The lowest BCUT2D eigenvalue weighted by Gasteiger charge is -2.43. The molecule has 15 heavy (non-hydrogen) atoms. The smallest absolute Gasteiger partial charge is 0.00178 e. The van der Waals surface area contributed by atoms with Crippen LogP contribution >= 0.6 is 0 Å². The van der Waals surface area contributed by atoms with E-state index in [2.05, 4.69) is 19.2 Å². The van der Waals surface area contributed by atoms with Crippen molar-refractivity contribution in [3.05, 3.63) is 0 Å². The van der Waals surface area contributed by atoms with Crippen molar-refractivity contribution >= 4 is 0 Å². The van der Waals surface area contributed by atoms with E-state index >= 15 is 0 Å². The van der Waals surface area contributed by atoms with Gasteiger partial charge in [0.1, 0.15) is 0 Å². The monoisotopic (exact) mass is 209 g/mol. The Morgan fingerprint density at radius 3 is 2.80 bits per heavy atom. The van der Waals surface area contributed by atoms with Gasteiger partial charge in [0.2, 0.25) is 0 Å². The molecule has 1 saturated heterocycles. The van der Waals surface area contributed by atoms with Crippen molar-refractivity contribution in [1.29, 1.82) is 0 Å². The van der Waals surface area contributed by atoms with Gasteiger partial charge in [-0.05, 0) is 56.0 Å². The van der Waals surface area contributed by atoms with E-state index in [9.17, 15) is 0 Å². The molecule has 1 heterocycles. The summed E-state index contributed by atoms with van der Waals surface area (Å²) in [6.45, 7) is 7.37. The van der Waals surface area contributed by atoms with Crippen LogP contribution in [0, 0.1) is 17.3 Å². The second-order valence-electron chi connectivity index (χ2n) is 5.92. The van der Waals surface area contributed by atoms with Gasteiger partial charge in [-0.1, -0.05) is 33.1 Å². The molecule has 3 unspecified atom stereocenters. The highest BCUT2D eigenvalue weighted by Gasteiger charge is 2.38. The van der Waals surface area contributed by atoms with Crippen LogP contribution in [-0.4, -0.2) is 13.1 Å². The van der Waals surface area contributed by atoms with Gasteiger partial charge in [0.15, 0.2) is 0 Å².